The van der Waals surface area contributed by atoms with Crippen LogP contribution in [0.3, 0.4) is 0 Å². The van der Waals surface area contributed by atoms with Crippen molar-refractivity contribution in [3.8, 4) is 0 Å². The lowest BCUT2D eigenvalue weighted by atomic mass is 9.92. The summed E-state index contributed by atoms with van der Waals surface area (Å²) in [7, 11) is 0. The number of nitrogens with zero attached hydrogens (tertiary/aromatic N) is 1. The standard InChI is InChI=1S/C22H28N2O4/c1-14(23-20(27)28-21(2,3)4)17-10-9-16-8-7-15(13-18(16)24-17)11-12-22(5,6)19(25)26/h7-14H,1-6H3,(H,23,27)(H,25,26)/t14-/m1/s1. The average Bonchev–Trinajstić information content (AvgIpc) is 2.57. The molecular weight excluding hydrogens is 356 g/mol. The second-order valence-electron chi connectivity index (χ2n) is 8.42. The molecule has 0 radical (unpaired) electrons. The number of benzene rings is 1. The molecule has 0 aliphatic carbocycles. The van der Waals surface area contributed by atoms with Gasteiger partial charge in [-0.1, -0.05) is 30.4 Å². The number of aromatic nitrogens is 1. The number of carboxylic acids is 1. The van der Waals surface area contributed by atoms with Crippen LogP contribution in [0.25, 0.3) is 17.0 Å². The zero-order valence-corrected chi connectivity index (χ0v) is 17.2. The topological polar surface area (TPSA) is 88.5 Å². The summed E-state index contributed by atoms with van der Waals surface area (Å²) < 4.78 is 5.28. The molecule has 2 rings (SSSR count). The Morgan fingerprint density at radius 2 is 1.79 bits per heavy atom. The van der Waals surface area contributed by atoms with Gasteiger partial charge >= 0.3 is 12.1 Å². The maximum absolute atomic E-state index is 12.0. The quantitative estimate of drug-likeness (QED) is 0.762. The van der Waals surface area contributed by atoms with Gasteiger partial charge < -0.3 is 15.2 Å². The number of alkyl carbamates (subject to hydrolysis) is 1. The lowest BCUT2D eigenvalue weighted by molar-refractivity contribution is -0.144. The summed E-state index contributed by atoms with van der Waals surface area (Å²) >= 11 is 0. The second kappa shape index (κ2) is 8.00. The van der Waals surface area contributed by atoms with Crippen molar-refractivity contribution >= 4 is 29.0 Å². The Morgan fingerprint density at radius 3 is 2.39 bits per heavy atom. The largest absolute Gasteiger partial charge is 0.481 e. The summed E-state index contributed by atoms with van der Waals surface area (Å²) in [5.74, 6) is -0.882. The van der Waals surface area contributed by atoms with Gasteiger partial charge in [-0.2, -0.15) is 0 Å². The minimum atomic E-state index is -0.948. The number of nitrogens with one attached hydrogen (secondary N) is 1. The molecule has 1 amide bonds. The van der Waals surface area contributed by atoms with E-state index in [1.54, 1.807) is 26.0 Å². The number of fused-ring (bicyclic) bond motifs is 1. The first kappa shape index (κ1) is 21.4. The van der Waals surface area contributed by atoms with Crippen LogP contribution >= 0.6 is 0 Å². The molecule has 1 atom stereocenters. The second-order valence-corrected chi connectivity index (χ2v) is 8.42. The summed E-state index contributed by atoms with van der Waals surface area (Å²) in [6.45, 7) is 10.6. The van der Waals surface area contributed by atoms with Gasteiger partial charge in [0.15, 0.2) is 0 Å². The Hall–Kier alpha value is -2.89. The predicted molar refractivity (Wildman–Crippen MR) is 110 cm³/mol. The normalized spacial score (nSPS) is 13.5. The summed E-state index contributed by atoms with van der Waals surface area (Å²) in [5.41, 5.74) is 0.831. The van der Waals surface area contributed by atoms with E-state index < -0.39 is 23.1 Å². The third-order valence-electron chi connectivity index (χ3n) is 4.16. The molecule has 1 aromatic carbocycles. The molecule has 0 saturated heterocycles. The molecule has 150 valence electrons. The number of hydrogen-bond donors (Lipinski definition) is 2. The number of rotatable bonds is 5. The maximum Gasteiger partial charge on any atom is 0.408 e. The fourth-order valence-electron chi connectivity index (χ4n) is 2.43. The third-order valence-corrected chi connectivity index (χ3v) is 4.16. The van der Waals surface area contributed by atoms with E-state index in [1.165, 1.54) is 0 Å². The smallest absolute Gasteiger partial charge is 0.408 e. The molecule has 28 heavy (non-hydrogen) atoms. The molecule has 0 bridgehead atoms. The van der Waals surface area contributed by atoms with E-state index in [2.05, 4.69) is 10.3 Å². The molecule has 6 heteroatoms. The molecule has 2 aromatic rings. The highest BCUT2D eigenvalue weighted by atomic mass is 16.6. The fourth-order valence-corrected chi connectivity index (χ4v) is 2.43. The number of carboxylic acid groups (broad SMARTS) is 1. The molecule has 0 unspecified atom stereocenters. The highest BCUT2D eigenvalue weighted by Crippen LogP contribution is 2.22. The van der Waals surface area contributed by atoms with Crippen LogP contribution in [0.2, 0.25) is 0 Å². The van der Waals surface area contributed by atoms with Gasteiger partial charge in [-0.15, -0.1) is 0 Å². The Balaban J connectivity index is 2.23. The molecule has 0 aliphatic heterocycles. The number of carbonyl (C=O) groups is 2. The first-order valence-electron chi connectivity index (χ1n) is 9.20. The minimum absolute atomic E-state index is 0.315. The van der Waals surface area contributed by atoms with E-state index in [9.17, 15) is 14.7 Å². The summed E-state index contributed by atoms with van der Waals surface area (Å²) in [4.78, 5) is 27.9. The lowest BCUT2D eigenvalue weighted by Crippen LogP contribution is -2.34. The molecule has 0 fully saturated rings. The van der Waals surface area contributed by atoms with Gasteiger partial charge in [0.2, 0.25) is 0 Å². The van der Waals surface area contributed by atoms with Crippen molar-refractivity contribution < 1.29 is 19.4 Å². The van der Waals surface area contributed by atoms with Gasteiger partial charge in [0, 0.05) is 5.39 Å². The SMILES string of the molecule is C[C@@H](NC(=O)OC(C)(C)C)c1ccc2ccc(C=CC(C)(C)C(=O)O)cc2n1. The van der Waals surface area contributed by atoms with Crippen LogP contribution < -0.4 is 5.32 Å². The van der Waals surface area contributed by atoms with Gasteiger partial charge in [-0.3, -0.25) is 9.78 Å². The van der Waals surface area contributed by atoms with E-state index in [0.717, 1.165) is 16.5 Å². The molecule has 0 aliphatic rings. The third kappa shape index (κ3) is 5.81. The van der Waals surface area contributed by atoms with E-state index in [-0.39, 0.29) is 6.04 Å². The van der Waals surface area contributed by atoms with E-state index >= 15 is 0 Å². The van der Waals surface area contributed by atoms with Crippen LogP contribution in [0, 0.1) is 5.41 Å². The van der Waals surface area contributed by atoms with Crippen LogP contribution in [0.15, 0.2) is 36.4 Å². The summed E-state index contributed by atoms with van der Waals surface area (Å²) in [6.07, 6.45) is 2.95. The average molecular weight is 384 g/mol. The first-order valence-corrected chi connectivity index (χ1v) is 9.20. The van der Waals surface area contributed by atoms with Crippen LogP contribution in [0.5, 0.6) is 0 Å². The minimum Gasteiger partial charge on any atom is -0.481 e. The lowest BCUT2D eigenvalue weighted by Gasteiger charge is -2.22. The number of ether oxygens (including phenoxy) is 1. The predicted octanol–water partition coefficient (Wildman–Crippen LogP) is 4.94. The van der Waals surface area contributed by atoms with Crippen LogP contribution in [0.1, 0.15) is 58.8 Å². The Labute approximate surface area is 165 Å². The van der Waals surface area contributed by atoms with Crippen LogP contribution in [-0.4, -0.2) is 27.8 Å². The molecular formula is C22H28N2O4. The van der Waals surface area contributed by atoms with E-state index in [1.807, 2.05) is 58.0 Å². The molecule has 1 aromatic heterocycles. The van der Waals surface area contributed by atoms with Crippen molar-refractivity contribution in [1.82, 2.24) is 10.3 Å². The number of hydrogen-bond acceptors (Lipinski definition) is 4. The van der Waals surface area contributed by atoms with Crippen molar-refractivity contribution in [1.29, 1.82) is 0 Å². The van der Waals surface area contributed by atoms with Gasteiger partial charge in [0.1, 0.15) is 5.60 Å². The van der Waals surface area contributed by atoms with Crippen molar-refractivity contribution in [2.45, 2.75) is 53.2 Å². The van der Waals surface area contributed by atoms with Crippen molar-refractivity contribution in [2.24, 2.45) is 5.41 Å². The van der Waals surface area contributed by atoms with Crippen molar-refractivity contribution in [2.75, 3.05) is 0 Å². The summed E-state index contributed by atoms with van der Waals surface area (Å²) in [6, 6.07) is 9.25. The molecule has 6 nitrogen and oxygen atoms in total. The van der Waals surface area contributed by atoms with Gasteiger partial charge in [-0.25, -0.2) is 4.79 Å². The number of carbonyl (C=O) groups excluding carboxylic acids is 1. The van der Waals surface area contributed by atoms with Gasteiger partial charge in [-0.05, 0) is 59.2 Å². The zero-order chi connectivity index (χ0) is 21.1. The Bertz CT molecular complexity index is 910. The number of pyridine rings is 1. The Morgan fingerprint density at radius 1 is 1.14 bits per heavy atom. The fraction of sp³-hybridized carbons (Fsp3) is 0.409. The van der Waals surface area contributed by atoms with Gasteiger partial charge in [0.25, 0.3) is 0 Å². The van der Waals surface area contributed by atoms with Crippen LogP contribution in [0.4, 0.5) is 4.79 Å². The molecule has 1 heterocycles. The van der Waals surface area contributed by atoms with Crippen molar-refractivity contribution in [3.05, 3.63) is 47.7 Å². The molecule has 2 N–H and O–H groups in total. The van der Waals surface area contributed by atoms with E-state index in [0.29, 0.717) is 5.69 Å². The number of aliphatic carboxylic acids is 1. The Kier molecular flexibility index (Phi) is 6.12. The zero-order valence-electron chi connectivity index (χ0n) is 17.2. The molecule has 0 spiro atoms. The van der Waals surface area contributed by atoms with Crippen LogP contribution in [-0.2, 0) is 9.53 Å². The van der Waals surface area contributed by atoms with E-state index in [4.69, 9.17) is 4.74 Å². The van der Waals surface area contributed by atoms with Gasteiger partial charge in [0.05, 0.1) is 22.7 Å². The maximum atomic E-state index is 12.0. The van der Waals surface area contributed by atoms with Crippen molar-refractivity contribution in [3.63, 3.8) is 0 Å². The first-order chi connectivity index (χ1) is 12.9. The monoisotopic (exact) mass is 384 g/mol. The molecule has 0 saturated carbocycles. The highest BCUT2D eigenvalue weighted by Gasteiger charge is 2.23. The number of amides is 1. The highest BCUT2D eigenvalue weighted by molar-refractivity contribution is 5.82. The summed E-state index contributed by atoms with van der Waals surface area (Å²) in [5, 5.41) is 13.0.